The number of aromatic nitrogens is 1. The standard InChI is InChI=1S/C11H15NO4/c1-11(2,16)5-6-12-7-8(10(14)15)3-4-9(12)13/h3-4,7,16H,5-6H2,1-2H3,(H,14,15). The van der Waals surface area contributed by atoms with Crippen LogP contribution >= 0.6 is 0 Å². The Bertz CT molecular complexity index is 442. The minimum Gasteiger partial charge on any atom is -0.478 e. The fraction of sp³-hybridized carbons (Fsp3) is 0.455. The van der Waals surface area contributed by atoms with Crippen LogP contribution < -0.4 is 5.56 Å². The highest BCUT2D eigenvalue weighted by Gasteiger charge is 2.13. The SMILES string of the molecule is CC(C)(O)CCn1cc(C(=O)O)ccc1=O. The molecule has 2 N–H and O–H groups in total. The van der Waals surface area contributed by atoms with Crippen molar-refractivity contribution in [2.24, 2.45) is 0 Å². The molecule has 0 aliphatic rings. The number of aromatic carboxylic acids is 1. The zero-order chi connectivity index (χ0) is 12.3. The first-order valence-corrected chi connectivity index (χ1v) is 4.96. The molecule has 16 heavy (non-hydrogen) atoms. The number of carboxylic acids is 1. The van der Waals surface area contributed by atoms with Crippen LogP contribution in [0.3, 0.4) is 0 Å². The third kappa shape index (κ3) is 3.51. The highest BCUT2D eigenvalue weighted by Crippen LogP contribution is 2.08. The van der Waals surface area contributed by atoms with Crippen molar-refractivity contribution in [3.8, 4) is 0 Å². The van der Waals surface area contributed by atoms with Gasteiger partial charge in [-0.1, -0.05) is 0 Å². The van der Waals surface area contributed by atoms with Crippen LogP contribution in [-0.2, 0) is 6.54 Å². The quantitative estimate of drug-likeness (QED) is 0.790. The second-order valence-electron chi connectivity index (χ2n) is 4.32. The van der Waals surface area contributed by atoms with Gasteiger partial charge in [-0.3, -0.25) is 4.79 Å². The summed E-state index contributed by atoms with van der Waals surface area (Å²) < 4.78 is 1.29. The fourth-order valence-corrected chi connectivity index (χ4v) is 1.23. The van der Waals surface area contributed by atoms with Crippen LogP contribution in [0.1, 0.15) is 30.6 Å². The average molecular weight is 225 g/mol. The molecule has 0 aromatic carbocycles. The zero-order valence-electron chi connectivity index (χ0n) is 9.30. The lowest BCUT2D eigenvalue weighted by atomic mass is 10.1. The Morgan fingerprint density at radius 1 is 1.44 bits per heavy atom. The van der Waals surface area contributed by atoms with Crippen molar-refractivity contribution in [2.45, 2.75) is 32.4 Å². The fourth-order valence-electron chi connectivity index (χ4n) is 1.23. The Hall–Kier alpha value is -1.62. The minimum absolute atomic E-state index is 0.0651. The van der Waals surface area contributed by atoms with Crippen LogP contribution in [0.2, 0.25) is 0 Å². The highest BCUT2D eigenvalue weighted by atomic mass is 16.4. The third-order valence-electron chi connectivity index (χ3n) is 2.19. The zero-order valence-corrected chi connectivity index (χ0v) is 9.30. The topological polar surface area (TPSA) is 79.5 Å². The first kappa shape index (κ1) is 12.4. The first-order valence-electron chi connectivity index (χ1n) is 4.96. The van der Waals surface area contributed by atoms with Gasteiger partial charge in [-0.05, 0) is 26.3 Å². The second-order valence-corrected chi connectivity index (χ2v) is 4.32. The largest absolute Gasteiger partial charge is 0.478 e. The summed E-state index contributed by atoms with van der Waals surface area (Å²) in [6, 6.07) is 2.49. The summed E-state index contributed by atoms with van der Waals surface area (Å²) in [6.45, 7) is 3.57. The van der Waals surface area contributed by atoms with Crippen LogP contribution in [-0.4, -0.2) is 26.4 Å². The number of carboxylic acid groups (broad SMARTS) is 1. The van der Waals surface area contributed by atoms with Gasteiger partial charge in [-0.2, -0.15) is 0 Å². The van der Waals surface area contributed by atoms with E-state index in [2.05, 4.69) is 0 Å². The van der Waals surface area contributed by atoms with Crippen molar-refractivity contribution in [3.63, 3.8) is 0 Å². The molecule has 88 valence electrons. The van der Waals surface area contributed by atoms with E-state index in [0.29, 0.717) is 13.0 Å². The molecule has 0 saturated heterocycles. The molecule has 0 aliphatic carbocycles. The van der Waals surface area contributed by atoms with Crippen LogP contribution in [0, 0.1) is 0 Å². The molecule has 0 radical (unpaired) electrons. The maximum absolute atomic E-state index is 11.4. The van der Waals surface area contributed by atoms with Crippen LogP contribution in [0.15, 0.2) is 23.1 Å². The van der Waals surface area contributed by atoms with Crippen LogP contribution in [0.25, 0.3) is 0 Å². The number of aryl methyl sites for hydroxylation is 1. The summed E-state index contributed by atoms with van der Waals surface area (Å²) >= 11 is 0. The molecule has 1 heterocycles. The van der Waals surface area contributed by atoms with Gasteiger partial charge in [0.1, 0.15) is 0 Å². The van der Waals surface area contributed by atoms with Crippen LogP contribution in [0.4, 0.5) is 0 Å². The maximum Gasteiger partial charge on any atom is 0.337 e. The number of hydrogen-bond acceptors (Lipinski definition) is 3. The Morgan fingerprint density at radius 3 is 2.56 bits per heavy atom. The normalized spacial score (nSPS) is 11.4. The molecule has 1 aromatic heterocycles. The van der Waals surface area contributed by atoms with E-state index in [1.54, 1.807) is 13.8 Å². The van der Waals surface area contributed by atoms with E-state index in [0.717, 1.165) is 0 Å². The molecule has 0 atom stereocenters. The number of aliphatic hydroxyl groups is 1. The lowest BCUT2D eigenvalue weighted by molar-refractivity contribution is 0.0658. The number of carbonyl (C=O) groups is 1. The van der Waals surface area contributed by atoms with Gasteiger partial charge in [0.2, 0.25) is 0 Å². The smallest absolute Gasteiger partial charge is 0.337 e. The first-order chi connectivity index (χ1) is 7.29. The van der Waals surface area contributed by atoms with Crippen molar-refractivity contribution < 1.29 is 15.0 Å². The van der Waals surface area contributed by atoms with E-state index in [4.69, 9.17) is 5.11 Å². The molecular weight excluding hydrogens is 210 g/mol. The molecular formula is C11H15NO4. The van der Waals surface area contributed by atoms with Crippen LogP contribution in [0.5, 0.6) is 0 Å². The molecule has 1 rings (SSSR count). The third-order valence-corrected chi connectivity index (χ3v) is 2.19. The van der Waals surface area contributed by atoms with Crippen molar-refractivity contribution in [2.75, 3.05) is 0 Å². The van der Waals surface area contributed by atoms with E-state index in [1.165, 1.54) is 22.9 Å². The van der Waals surface area contributed by atoms with Gasteiger partial charge in [-0.25, -0.2) is 4.79 Å². The second kappa shape index (κ2) is 4.49. The number of hydrogen-bond donors (Lipinski definition) is 2. The summed E-state index contributed by atoms with van der Waals surface area (Å²) in [5.74, 6) is -1.07. The maximum atomic E-state index is 11.4. The van der Waals surface area contributed by atoms with Gasteiger partial charge in [0, 0.05) is 18.8 Å². The Kier molecular flexibility index (Phi) is 3.49. The van der Waals surface area contributed by atoms with Crippen molar-refractivity contribution in [1.82, 2.24) is 4.57 Å². The van der Waals surface area contributed by atoms with Gasteiger partial charge in [0.05, 0.1) is 11.2 Å². The Morgan fingerprint density at radius 2 is 2.06 bits per heavy atom. The lowest BCUT2D eigenvalue weighted by Crippen LogP contribution is -2.26. The molecule has 0 saturated carbocycles. The predicted molar refractivity (Wildman–Crippen MR) is 58.6 cm³/mol. The van der Waals surface area contributed by atoms with E-state index >= 15 is 0 Å². The van der Waals surface area contributed by atoms with Gasteiger partial charge in [0.15, 0.2) is 0 Å². The molecule has 0 unspecified atom stereocenters. The summed E-state index contributed by atoms with van der Waals surface area (Å²) in [7, 11) is 0. The molecule has 0 amide bonds. The van der Waals surface area contributed by atoms with Gasteiger partial charge >= 0.3 is 5.97 Å². The number of pyridine rings is 1. The molecule has 0 spiro atoms. The number of nitrogens with zero attached hydrogens (tertiary/aromatic N) is 1. The molecule has 5 heteroatoms. The molecule has 0 fully saturated rings. The van der Waals surface area contributed by atoms with Crippen molar-refractivity contribution in [1.29, 1.82) is 0 Å². The molecule has 0 aliphatic heterocycles. The van der Waals surface area contributed by atoms with Gasteiger partial charge < -0.3 is 14.8 Å². The van der Waals surface area contributed by atoms with Crippen molar-refractivity contribution >= 4 is 5.97 Å². The van der Waals surface area contributed by atoms with E-state index in [9.17, 15) is 14.7 Å². The Labute approximate surface area is 93.0 Å². The van der Waals surface area contributed by atoms with E-state index < -0.39 is 11.6 Å². The monoisotopic (exact) mass is 225 g/mol. The number of rotatable bonds is 4. The van der Waals surface area contributed by atoms with Crippen molar-refractivity contribution in [3.05, 3.63) is 34.2 Å². The van der Waals surface area contributed by atoms with E-state index in [-0.39, 0.29) is 11.1 Å². The Balaban J connectivity index is 2.91. The molecule has 5 nitrogen and oxygen atoms in total. The summed E-state index contributed by atoms with van der Waals surface area (Å²) in [5.41, 5.74) is -1.08. The molecule has 1 aromatic rings. The predicted octanol–water partition coefficient (Wildman–Crippen LogP) is 0.707. The summed E-state index contributed by atoms with van der Waals surface area (Å²) in [4.78, 5) is 22.1. The lowest BCUT2D eigenvalue weighted by Gasteiger charge is -2.17. The minimum atomic E-state index is -1.07. The average Bonchev–Trinajstić information content (AvgIpc) is 2.14. The molecule has 0 bridgehead atoms. The van der Waals surface area contributed by atoms with Gasteiger partial charge in [0.25, 0.3) is 5.56 Å². The van der Waals surface area contributed by atoms with E-state index in [1.807, 2.05) is 0 Å². The summed E-state index contributed by atoms with van der Waals surface area (Å²) in [5, 5.41) is 18.3. The summed E-state index contributed by atoms with van der Waals surface area (Å²) in [6.07, 6.45) is 1.67. The van der Waals surface area contributed by atoms with Gasteiger partial charge in [-0.15, -0.1) is 0 Å². The highest BCUT2D eigenvalue weighted by molar-refractivity contribution is 5.87.